The van der Waals surface area contributed by atoms with Crippen molar-refractivity contribution in [1.82, 2.24) is 10.6 Å². The molecular weight excluding hydrogens is 336 g/mol. The molecule has 1 atom stereocenters. The van der Waals surface area contributed by atoms with Crippen molar-refractivity contribution in [2.24, 2.45) is 0 Å². The lowest BCUT2D eigenvalue weighted by molar-refractivity contribution is -0.129. The molecule has 0 saturated heterocycles. The average molecular weight is 356 g/mol. The summed E-state index contributed by atoms with van der Waals surface area (Å²) in [5.41, 5.74) is 1.32. The van der Waals surface area contributed by atoms with Crippen LogP contribution in [0.5, 0.6) is 0 Å². The smallest absolute Gasteiger partial charge is 0.339 e. The number of urea groups is 1. The van der Waals surface area contributed by atoms with Crippen molar-refractivity contribution in [3.8, 4) is 0 Å². The van der Waals surface area contributed by atoms with Gasteiger partial charge in [0.2, 0.25) is 6.10 Å². The van der Waals surface area contributed by atoms with Crippen molar-refractivity contribution in [1.29, 1.82) is 0 Å². The summed E-state index contributed by atoms with van der Waals surface area (Å²) in [5, 5.41) is 13.7. The summed E-state index contributed by atoms with van der Waals surface area (Å²) in [7, 11) is 0. The van der Waals surface area contributed by atoms with Gasteiger partial charge in [-0.1, -0.05) is 42.5 Å². The van der Waals surface area contributed by atoms with Crippen LogP contribution in [-0.4, -0.2) is 29.6 Å². The van der Waals surface area contributed by atoms with Crippen LogP contribution in [0.1, 0.15) is 34.5 Å². The Morgan fingerprint density at radius 2 is 1.69 bits per heavy atom. The van der Waals surface area contributed by atoms with Gasteiger partial charge in [-0.25, -0.2) is 9.59 Å². The lowest BCUT2D eigenvalue weighted by Gasteiger charge is -2.17. The zero-order valence-electron chi connectivity index (χ0n) is 14.3. The average Bonchev–Trinajstić information content (AvgIpc) is 2.66. The minimum Gasteiger partial charge on any atom is -0.444 e. The third-order valence-corrected chi connectivity index (χ3v) is 3.51. The highest BCUT2D eigenvalue weighted by molar-refractivity contribution is 5.99. The van der Waals surface area contributed by atoms with Crippen LogP contribution in [0.4, 0.5) is 4.79 Å². The van der Waals surface area contributed by atoms with Gasteiger partial charge in [0.1, 0.15) is 0 Å². The number of carbonyl (C=O) groups is 3. The topological polar surface area (TPSA) is 105 Å². The largest absolute Gasteiger partial charge is 0.444 e. The van der Waals surface area contributed by atoms with E-state index in [-0.39, 0.29) is 12.2 Å². The maximum absolute atomic E-state index is 12.4. The third kappa shape index (κ3) is 5.15. The number of esters is 1. The molecule has 7 nitrogen and oxygen atoms in total. The van der Waals surface area contributed by atoms with E-state index in [1.54, 1.807) is 49.4 Å². The molecule has 26 heavy (non-hydrogen) atoms. The van der Waals surface area contributed by atoms with Gasteiger partial charge in [0.25, 0.3) is 5.91 Å². The Hall–Kier alpha value is -3.19. The van der Waals surface area contributed by atoms with E-state index in [1.807, 2.05) is 0 Å². The quantitative estimate of drug-likeness (QED) is 0.686. The fourth-order valence-electron chi connectivity index (χ4n) is 2.20. The van der Waals surface area contributed by atoms with Gasteiger partial charge in [-0.15, -0.1) is 0 Å². The monoisotopic (exact) mass is 356 g/mol. The van der Waals surface area contributed by atoms with Gasteiger partial charge in [0.15, 0.2) is 0 Å². The SMILES string of the molecule is CCNC(=O)NC(=O)[C@@H](OC(=O)c1ccc(CO)cc1)c1ccccc1. The minimum absolute atomic E-state index is 0.142. The molecule has 0 fully saturated rings. The molecule has 0 aliphatic carbocycles. The molecule has 0 saturated carbocycles. The fraction of sp³-hybridized carbons (Fsp3) is 0.211. The Bertz CT molecular complexity index is 759. The van der Waals surface area contributed by atoms with E-state index in [9.17, 15) is 14.4 Å². The molecule has 2 rings (SSSR count). The van der Waals surface area contributed by atoms with Crippen LogP contribution < -0.4 is 10.6 Å². The molecule has 136 valence electrons. The highest BCUT2D eigenvalue weighted by atomic mass is 16.5. The lowest BCUT2D eigenvalue weighted by atomic mass is 10.1. The molecule has 3 N–H and O–H groups in total. The normalized spacial score (nSPS) is 11.3. The lowest BCUT2D eigenvalue weighted by Crippen LogP contribution is -2.42. The van der Waals surface area contributed by atoms with Crippen molar-refractivity contribution in [3.05, 3.63) is 71.3 Å². The van der Waals surface area contributed by atoms with Crippen molar-refractivity contribution < 1.29 is 24.2 Å². The molecular formula is C19H20N2O5. The molecule has 0 aromatic heterocycles. The minimum atomic E-state index is -1.27. The number of imide groups is 1. The Balaban J connectivity index is 2.19. The van der Waals surface area contributed by atoms with E-state index < -0.39 is 24.0 Å². The van der Waals surface area contributed by atoms with Crippen LogP contribution in [0.2, 0.25) is 0 Å². The van der Waals surface area contributed by atoms with Crippen LogP contribution in [0.15, 0.2) is 54.6 Å². The predicted octanol–water partition coefficient (Wildman–Crippen LogP) is 1.92. The summed E-state index contributed by atoms with van der Waals surface area (Å²) in [6.45, 7) is 1.93. The van der Waals surface area contributed by atoms with Crippen molar-refractivity contribution in [2.45, 2.75) is 19.6 Å². The van der Waals surface area contributed by atoms with Crippen LogP contribution in [0.25, 0.3) is 0 Å². The maximum atomic E-state index is 12.4. The summed E-state index contributed by atoms with van der Waals surface area (Å²) in [6.07, 6.45) is -1.27. The van der Waals surface area contributed by atoms with E-state index in [4.69, 9.17) is 9.84 Å². The number of hydrogen-bond acceptors (Lipinski definition) is 5. The number of rotatable bonds is 6. The van der Waals surface area contributed by atoms with E-state index in [1.165, 1.54) is 12.1 Å². The van der Waals surface area contributed by atoms with Gasteiger partial charge in [0, 0.05) is 12.1 Å². The van der Waals surface area contributed by atoms with Crippen molar-refractivity contribution in [2.75, 3.05) is 6.54 Å². The van der Waals surface area contributed by atoms with Crippen LogP contribution in [-0.2, 0) is 16.1 Å². The molecule has 0 aliphatic rings. The van der Waals surface area contributed by atoms with Crippen LogP contribution in [0, 0.1) is 0 Å². The van der Waals surface area contributed by atoms with Crippen LogP contribution in [0.3, 0.4) is 0 Å². The standard InChI is InChI=1S/C19H20N2O5/c1-2-20-19(25)21-17(23)16(14-6-4-3-5-7-14)26-18(24)15-10-8-13(12-22)9-11-15/h3-11,16,22H,2,12H2,1H3,(H2,20,21,23,25)/t16-/m0/s1. The molecule has 0 unspecified atom stereocenters. The first kappa shape index (κ1) is 19.1. The highest BCUT2D eigenvalue weighted by Crippen LogP contribution is 2.20. The first-order valence-corrected chi connectivity index (χ1v) is 8.09. The summed E-state index contributed by atoms with van der Waals surface area (Å²) >= 11 is 0. The van der Waals surface area contributed by atoms with E-state index in [2.05, 4.69) is 10.6 Å². The molecule has 7 heteroatoms. The fourth-order valence-corrected chi connectivity index (χ4v) is 2.20. The van der Waals surface area contributed by atoms with E-state index >= 15 is 0 Å². The Labute approximate surface area is 151 Å². The van der Waals surface area contributed by atoms with Gasteiger partial charge >= 0.3 is 12.0 Å². The zero-order chi connectivity index (χ0) is 18.9. The number of benzene rings is 2. The second kappa shape index (κ2) is 9.33. The second-order valence-corrected chi connectivity index (χ2v) is 5.40. The van der Waals surface area contributed by atoms with E-state index in [0.29, 0.717) is 17.7 Å². The summed E-state index contributed by atoms with van der Waals surface area (Å²) in [4.78, 5) is 36.4. The molecule has 3 amide bonds. The number of aliphatic hydroxyl groups is 1. The maximum Gasteiger partial charge on any atom is 0.339 e. The van der Waals surface area contributed by atoms with Gasteiger partial charge in [-0.3, -0.25) is 10.1 Å². The molecule has 0 radical (unpaired) electrons. The second-order valence-electron chi connectivity index (χ2n) is 5.40. The molecule has 0 spiro atoms. The number of carbonyl (C=O) groups excluding carboxylic acids is 3. The van der Waals surface area contributed by atoms with Gasteiger partial charge in [0.05, 0.1) is 12.2 Å². The number of aliphatic hydroxyl groups excluding tert-OH is 1. The Morgan fingerprint density at radius 3 is 2.27 bits per heavy atom. The van der Waals surface area contributed by atoms with E-state index in [0.717, 1.165) is 0 Å². The molecule has 0 bridgehead atoms. The third-order valence-electron chi connectivity index (χ3n) is 3.51. The summed E-state index contributed by atoms with van der Waals surface area (Å²) in [6, 6.07) is 13.9. The van der Waals surface area contributed by atoms with Crippen molar-refractivity contribution >= 4 is 17.9 Å². The number of ether oxygens (including phenoxy) is 1. The predicted molar refractivity (Wildman–Crippen MR) is 94.2 cm³/mol. The highest BCUT2D eigenvalue weighted by Gasteiger charge is 2.27. The van der Waals surface area contributed by atoms with Crippen LogP contribution >= 0.6 is 0 Å². The molecule has 0 aliphatic heterocycles. The molecule has 2 aromatic carbocycles. The molecule has 2 aromatic rings. The first-order chi connectivity index (χ1) is 12.5. The van der Waals surface area contributed by atoms with Gasteiger partial charge in [-0.05, 0) is 24.6 Å². The van der Waals surface area contributed by atoms with Gasteiger partial charge in [-0.2, -0.15) is 0 Å². The number of hydrogen-bond donors (Lipinski definition) is 3. The summed E-state index contributed by atoms with van der Waals surface area (Å²) in [5.74, 6) is -1.46. The van der Waals surface area contributed by atoms with Crippen molar-refractivity contribution in [3.63, 3.8) is 0 Å². The first-order valence-electron chi connectivity index (χ1n) is 8.09. The Kier molecular flexibility index (Phi) is 6.87. The Morgan fingerprint density at radius 1 is 1.04 bits per heavy atom. The zero-order valence-corrected chi connectivity index (χ0v) is 14.3. The summed E-state index contributed by atoms with van der Waals surface area (Å²) < 4.78 is 5.34. The van der Waals surface area contributed by atoms with Gasteiger partial charge < -0.3 is 15.2 Å². The number of nitrogens with one attached hydrogen (secondary N) is 2. The number of amides is 3. The molecule has 0 heterocycles.